The fourth-order valence-electron chi connectivity index (χ4n) is 3.58. The number of likely N-dealkylation sites (tertiary alicyclic amines) is 1. The standard InChI is InChI=1S/C19H30N4O/c1-3-10-23-11-8-16(9-12-23)22-19(20-2)21-14-17-13-15-6-4-5-7-18(15)24-17/h4-7,16-17H,3,8-14H2,1-2H3,(H2,20,21,22). The van der Waals surface area contributed by atoms with Gasteiger partial charge >= 0.3 is 0 Å². The third kappa shape index (κ3) is 4.41. The molecule has 2 heterocycles. The van der Waals surface area contributed by atoms with Crippen LogP contribution in [0.1, 0.15) is 31.7 Å². The Labute approximate surface area is 145 Å². The Bertz CT molecular complexity index is 527. The van der Waals surface area contributed by atoms with E-state index in [1.54, 1.807) is 0 Å². The van der Waals surface area contributed by atoms with Gasteiger partial charge < -0.3 is 20.3 Å². The second-order valence-corrected chi connectivity index (χ2v) is 6.77. The summed E-state index contributed by atoms with van der Waals surface area (Å²) in [7, 11) is 1.84. The molecule has 2 N–H and O–H groups in total. The van der Waals surface area contributed by atoms with Gasteiger partial charge in [0, 0.05) is 32.6 Å². The number of rotatable bonds is 5. The molecule has 1 aromatic rings. The Morgan fingerprint density at radius 1 is 1.29 bits per heavy atom. The molecule has 132 valence electrons. The molecule has 0 saturated carbocycles. The van der Waals surface area contributed by atoms with Crippen LogP contribution in [-0.2, 0) is 6.42 Å². The SMILES string of the molecule is CCCN1CCC(NC(=NC)NCC2Cc3ccccc3O2)CC1. The van der Waals surface area contributed by atoms with Crippen LogP contribution >= 0.6 is 0 Å². The van der Waals surface area contributed by atoms with Gasteiger partial charge in [-0.25, -0.2) is 0 Å². The third-order valence-corrected chi connectivity index (χ3v) is 4.90. The lowest BCUT2D eigenvalue weighted by atomic mass is 10.1. The van der Waals surface area contributed by atoms with Crippen molar-refractivity contribution in [3.63, 3.8) is 0 Å². The molecule has 24 heavy (non-hydrogen) atoms. The third-order valence-electron chi connectivity index (χ3n) is 4.90. The number of nitrogens with zero attached hydrogens (tertiary/aromatic N) is 2. The van der Waals surface area contributed by atoms with Crippen LogP contribution in [0.2, 0.25) is 0 Å². The molecule has 1 saturated heterocycles. The highest BCUT2D eigenvalue weighted by Crippen LogP contribution is 2.27. The van der Waals surface area contributed by atoms with Crippen molar-refractivity contribution < 1.29 is 4.74 Å². The van der Waals surface area contributed by atoms with Gasteiger partial charge in [0.15, 0.2) is 5.96 Å². The van der Waals surface area contributed by atoms with Crippen molar-refractivity contribution >= 4 is 5.96 Å². The second-order valence-electron chi connectivity index (χ2n) is 6.77. The molecule has 1 unspecified atom stereocenters. The zero-order valence-corrected chi connectivity index (χ0v) is 14.9. The Balaban J connectivity index is 1.40. The molecule has 0 bridgehead atoms. The predicted molar refractivity (Wildman–Crippen MR) is 98.8 cm³/mol. The Hall–Kier alpha value is -1.75. The number of nitrogens with one attached hydrogen (secondary N) is 2. The lowest BCUT2D eigenvalue weighted by Gasteiger charge is -2.33. The molecule has 3 rings (SSSR count). The van der Waals surface area contributed by atoms with Crippen molar-refractivity contribution in [2.75, 3.05) is 33.2 Å². The molecule has 2 aliphatic heterocycles. The highest BCUT2D eigenvalue weighted by atomic mass is 16.5. The molecule has 5 heteroatoms. The van der Waals surface area contributed by atoms with Crippen LogP contribution in [0.5, 0.6) is 5.75 Å². The van der Waals surface area contributed by atoms with E-state index in [0.717, 1.165) is 24.7 Å². The summed E-state index contributed by atoms with van der Waals surface area (Å²) < 4.78 is 5.98. The average Bonchev–Trinajstić information content (AvgIpc) is 3.03. The Kier molecular flexibility index (Phi) is 5.96. The van der Waals surface area contributed by atoms with Gasteiger partial charge in [0.05, 0.1) is 6.54 Å². The van der Waals surface area contributed by atoms with E-state index >= 15 is 0 Å². The maximum atomic E-state index is 5.98. The van der Waals surface area contributed by atoms with Crippen LogP contribution in [-0.4, -0.2) is 56.2 Å². The largest absolute Gasteiger partial charge is 0.488 e. The van der Waals surface area contributed by atoms with Gasteiger partial charge in [-0.3, -0.25) is 4.99 Å². The van der Waals surface area contributed by atoms with Gasteiger partial charge in [-0.1, -0.05) is 25.1 Å². The first kappa shape index (κ1) is 17.1. The topological polar surface area (TPSA) is 48.9 Å². The second kappa shape index (κ2) is 8.38. The fraction of sp³-hybridized carbons (Fsp3) is 0.632. The van der Waals surface area contributed by atoms with E-state index in [-0.39, 0.29) is 6.10 Å². The molecule has 0 amide bonds. The van der Waals surface area contributed by atoms with Gasteiger partial charge in [0.25, 0.3) is 0 Å². The van der Waals surface area contributed by atoms with E-state index in [4.69, 9.17) is 4.74 Å². The molecular formula is C19H30N4O. The molecular weight excluding hydrogens is 300 g/mol. The Morgan fingerprint density at radius 3 is 2.79 bits per heavy atom. The van der Waals surface area contributed by atoms with E-state index in [9.17, 15) is 0 Å². The minimum Gasteiger partial charge on any atom is -0.488 e. The van der Waals surface area contributed by atoms with E-state index in [2.05, 4.69) is 39.6 Å². The molecule has 1 fully saturated rings. The molecule has 0 spiro atoms. The van der Waals surface area contributed by atoms with Crippen molar-refractivity contribution in [1.82, 2.24) is 15.5 Å². The smallest absolute Gasteiger partial charge is 0.191 e. The first-order chi connectivity index (χ1) is 11.8. The zero-order valence-electron chi connectivity index (χ0n) is 14.9. The van der Waals surface area contributed by atoms with Crippen molar-refractivity contribution in [2.24, 2.45) is 4.99 Å². The number of aliphatic imine (C=N–C) groups is 1. The number of guanidine groups is 1. The monoisotopic (exact) mass is 330 g/mol. The Morgan fingerprint density at radius 2 is 2.08 bits per heavy atom. The molecule has 0 aromatic heterocycles. The maximum absolute atomic E-state index is 5.98. The van der Waals surface area contributed by atoms with Crippen molar-refractivity contribution in [1.29, 1.82) is 0 Å². The summed E-state index contributed by atoms with van der Waals surface area (Å²) in [6.07, 6.45) is 4.77. The first-order valence-corrected chi connectivity index (χ1v) is 9.22. The molecule has 1 atom stereocenters. The molecule has 0 radical (unpaired) electrons. The van der Waals surface area contributed by atoms with Crippen LogP contribution in [0.25, 0.3) is 0 Å². The van der Waals surface area contributed by atoms with Crippen LogP contribution in [0, 0.1) is 0 Å². The van der Waals surface area contributed by atoms with Crippen LogP contribution in [0.3, 0.4) is 0 Å². The van der Waals surface area contributed by atoms with Crippen molar-refractivity contribution in [3.8, 4) is 5.75 Å². The number of fused-ring (bicyclic) bond motifs is 1. The molecule has 2 aliphatic rings. The summed E-state index contributed by atoms with van der Waals surface area (Å²) in [5.74, 6) is 1.92. The molecule has 5 nitrogen and oxygen atoms in total. The first-order valence-electron chi connectivity index (χ1n) is 9.22. The summed E-state index contributed by atoms with van der Waals surface area (Å²) >= 11 is 0. The highest BCUT2D eigenvalue weighted by molar-refractivity contribution is 5.80. The number of hydrogen-bond acceptors (Lipinski definition) is 3. The van der Waals surface area contributed by atoms with Crippen molar-refractivity contribution in [2.45, 2.75) is 44.8 Å². The summed E-state index contributed by atoms with van der Waals surface area (Å²) in [4.78, 5) is 6.93. The zero-order chi connectivity index (χ0) is 16.8. The summed E-state index contributed by atoms with van der Waals surface area (Å²) in [5, 5.41) is 7.00. The predicted octanol–water partition coefficient (Wildman–Crippen LogP) is 2.03. The lowest BCUT2D eigenvalue weighted by molar-refractivity contribution is 0.205. The van der Waals surface area contributed by atoms with Gasteiger partial charge in [-0.2, -0.15) is 0 Å². The van der Waals surface area contributed by atoms with E-state index in [1.807, 2.05) is 19.2 Å². The van der Waals surface area contributed by atoms with Gasteiger partial charge in [-0.05, 0) is 37.4 Å². The van der Waals surface area contributed by atoms with Crippen molar-refractivity contribution in [3.05, 3.63) is 29.8 Å². The van der Waals surface area contributed by atoms with Gasteiger partial charge in [0.1, 0.15) is 11.9 Å². The molecule has 0 aliphatic carbocycles. The van der Waals surface area contributed by atoms with Crippen LogP contribution in [0.15, 0.2) is 29.3 Å². The van der Waals surface area contributed by atoms with E-state index in [1.165, 1.54) is 44.5 Å². The minimum absolute atomic E-state index is 0.187. The average molecular weight is 330 g/mol. The van der Waals surface area contributed by atoms with E-state index < -0.39 is 0 Å². The number of ether oxygens (including phenoxy) is 1. The van der Waals surface area contributed by atoms with Gasteiger partial charge in [0.2, 0.25) is 0 Å². The number of benzene rings is 1. The molecule has 1 aromatic carbocycles. The van der Waals surface area contributed by atoms with Crippen LogP contribution in [0.4, 0.5) is 0 Å². The lowest BCUT2D eigenvalue weighted by Crippen LogP contribution is -2.50. The minimum atomic E-state index is 0.187. The quantitative estimate of drug-likeness (QED) is 0.641. The highest BCUT2D eigenvalue weighted by Gasteiger charge is 2.23. The number of para-hydroxylation sites is 1. The van der Waals surface area contributed by atoms with Gasteiger partial charge in [-0.15, -0.1) is 0 Å². The summed E-state index contributed by atoms with van der Waals surface area (Å²) in [5.41, 5.74) is 1.30. The summed E-state index contributed by atoms with van der Waals surface area (Å²) in [6.45, 7) is 6.62. The number of piperidine rings is 1. The maximum Gasteiger partial charge on any atom is 0.191 e. The normalized spacial score (nSPS) is 22.1. The summed E-state index contributed by atoms with van der Waals surface area (Å²) in [6, 6.07) is 8.81. The van der Waals surface area contributed by atoms with E-state index in [0.29, 0.717) is 6.04 Å². The fourth-order valence-corrected chi connectivity index (χ4v) is 3.58. The van der Waals surface area contributed by atoms with Crippen LogP contribution < -0.4 is 15.4 Å². The number of hydrogen-bond donors (Lipinski definition) is 2.